The summed E-state index contributed by atoms with van der Waals surface area (Å²) in [5, 5.41) is 3.68. The predicted octanol–water partition coefficient (Wildman–Crippen LogP) is 4.68. The summed E-state index contributed by atoms with van der Waals surface area (Å²) < 4.78 is 5.50. The molecule has 0 heterocycles. The van der Waals surface area contributed by atoms with Crippen LogP contribution in [0.5, 0.6) is 0 Å². The summed E-state index contributed by atoms with van der Waals surface area (Å²) in [6, 6.07) is 7.97. The summed E-state index contributed by atoms with van der Waals surface area (Å²) in [5.74, 6) is 0. The molecule has 1 aliphatic carbocycles. The van der Waals surface area contributed by atoms with Crippen LogP contribution < -0.4 is 11.1 Å². The van der Waals surface area contributed by atoms with E-state index in [1.165, 1.54) is 18.2 Å². The van der Waals surface area contributed by atoms with Crippen LogP contribution in [0.4, 0.5) is 10.5 Å². The Kier molecular flexibility index (Phi) is 6.38. The van der Waals surface area contributed by atoms with Crippen LogP contribution >= 0.6 is 11.8 Å². The highest BCUT2D eigenvalue weighted by atomic mass is 32.2. The largest absolute Gasteiger partial charge is 0.444 e. The maximum Gasteiger partial charge on any atom is 0.408 e. The Bertz CT molecular complexity index is 632. The molecule has 138 valence electrons. The predicted molar refractivity (Wildman–Crippen MR) is 105 cm³/mol. The van der Waals surface area contributed by atoms with E-state index in [1.54, 1.807) is 0 Å². The zero-order valence-corrected chi connectivity index (χ0v) is 16.4. The SMILES string of the molecule is CSC(N)=Nc1cccc(C2(NC(=O)OC(C)(C)C)CCCCC2)c1. The molecule has 0 unspecified atom stereocenters. The van der Waals surface area contributed by atoms with Gasteiger partial charge in [-0.1, -0.05) is 43.2 Å². The second kappa shape index (κ2) is 8.13. The minimum atomic E-state index is -0.515. The highest BCUT2D eigenvalue weighted by Gasteiger charge is 2.36. The number of thioether (sulfide) groups is 1. The first-order valence-corrected chi connectivity index (χ1v) is 9.96. The third kappa shape index (κ3) is 5.66. The van der Waals surface area contributed by atoms with Crippen molar-refractivity contribution >= 4 is 28.7 Å². The fourth-order valence-electron chi connectivity index (χ4n) is 3.19. The van der Waals surface area contributed by atoms with E-state index in [0.717, 1.165) is 36.9 Å². The van der Waals surface area contributed by atoms with Crippen molar-refractivity contribution in [3.05, 3.63) is 29.8 Å². The fourth-order valence-corrected chi connectivity index (χ4v) is 3.38. The molecule has 1 fully saturated rings. The standard InChI is InChI=1S/C19H29N3O2S/c1-18(2,3)24-17(23)22-19(11-6-5-7-12-19)14-9-8-10-15(13-14)21-16(20)25-4/h8-10,13H,5-7,11-12H2,1-4H3,(H2,20,21)(H,22,23). The normalized spacial score (nSPS) is 17.8. The third-order valence-electron chi connectivity index (χ3n) is 4.29. The van der Waals surface area contributed by atoms with Crippen LogP contribution in [0.3, 0.4) is 0 Å². The lowest BCUT2D eigenvalue weighted by Crippen LogP contribution is -2.48. The van der Waals surface area contributed by atoms with Crippen molar-refractivity contribution in [2.45, 2.75) is 64.0 Å². The van der Waals surface area contributed by atoms with Crippen LogP contribution in [0.25, 0.3) is 0 Å². The number of hydrogen-bond donors (Lipinski definition) is 2. The van der Waals surface area contributed by atoms with E-state index in [9.17, 15) is 4.79 Å². The molecule has 0 aromatic heterocycles. The smallest absolute Gasteiger partial charge is 0.408 e. The summed E-state index contributed by atoms with van der Waals surface area (Å²) >= 11 is 1.42. The molecule has 6 heteroatoms. The average molecular weight is 364 g/mol. The second-order valence-corrected chi connectivity index (χ2v) is 8.30. The fraction of sp³-hybridized carbons (Fsp3) is 0.579. The highest BCUT2D eigenvalue weighted by Crippen LogP contribution is 2.38. The van der Waals surface area contributed by atoms with Crippen molar-refractivity contribution in [1.82, 2.24) is 5.32 Å². The van der Waals surface area contributed by atoms with E-state index in [2.05, 4.69) is 16.4 Å². The van der Waals surface area contributed by atoms with Gasteiger partial charge in [0.15, 0.2) is 5.17 Å². The Hall–Kier alpha value is -1.69. The van der Waals surface area contributed by atoms with Crippen molar-refractivity contribution in [2.24, 2.45) is 10.7 Å². The van der Waals surface area contributed by atoms with Gasteiger partial charge in [0.05, 0.1) is 11.2 Å². The summed E-state index contributed by atoms with van der Waals surface area (Å²) in [7, 11) is 0. The number of nitrogens with zero attached hydrogens (tertiary/aromatic N) is 1. The summed E-state index contributed by atoms with van der Waals surface area (Å²) in [4.78, 5) is 16.8. The Balaban J connectivity index is 2.31. The molecule has 25 heavy (non-hydrogen) atoms. The zero-order chi connectivity index (χ0) is 18.5. The Morgan fingerprint density at radius 2 is 1.96 bits per heavy atom. The van der Waals surface area contributed by atoms with Gasteiger partial charge < -0.3 is 15.8 Å². The van der Waals surface area contributed by atoms with E-state index >= 15 is 0 Å². The number of rotatable bonds is 3. The lowest BCUT2D eigenvalue weighted by Gasteiger charge is -2.39. The number of benzene rings is 1. The molecule has 0 radical (unpaired) electrons. The molecular formula is C19H29N3O2S. The first-order chi connectivity index (χ1) is 11.7. The van der Waals surface area contributed by atoms with Gasteiger partial charge in [-0.05, 0) is 57.6 Å². The molecule has 1 saturated carbocycles. The van der Waals surface area contributed by atoms with Gasteiger partial charge >= 0.3 is 6.09 Å². The lowest BCUT2D eigenvalue weighted by molar-refractivity contribution is 0.0420. The number of amides is 1. The van der Waals surface area contributed by atoms with E-state index in [1.807, 2.05) is 45.2 Å². The first kappa shape index (κ1) is 19.6. The molecule has 0 atom stereocenters. The summed E-state index contributed by atoms with van der Waals surface area (Å²) in [6.45, 7) is 5.63. The minimum Gasteiger partial charge on any atom is -0.444 e. The topological polar surface area (TPSA) is 76.7 Å². The van der Waals surface area contributed by atoms with Crippen LogP contribution in [-0.2, 0) is 10.3 Å². The highest BCUT2D eigenvalue weighted by molar-refractivity contribution is 8.13. The van der Waals surface area contributed by atoms with Crippen LogP contribution in [0, 0.1) is 0 Å². The molecule has 0 saturated heterocycles. The van der Waals surface area contributed by atoms with Gasteiger partial charge in [-0.3, -0.25) is 0 Å². The number of hydrogen-bond acceptors (Lipinski definition) is 4. The minimum absolute atomic E-state index is 0.369. The third-order valence-corrected chi connectivity index (χ3v) is 4.80. The summed E-state index contributed by atoms with van der Waals surface area (Å²) in [5.41, 5.74) is 6.79. The number of carbonyl (C=O) groups excluding carboxylic acids is 1. The molecule has 1 amide bonds. The number of alkyl carbamates (subject to hydrolysis) is 1. The van der Waals surface area contributed by atoms with E-state index in [-0.39, 0.29) is 6.09 Å². The maximum atomic E-state index is 12.4. The van der Waals surface area contributed by atoms with Crippen molar-refractivity contribution in [2.75, 3.05) is 6.26 Å². The van der Waals surface area contributed by atoms with Gasteiger partial charge in [-0.15, -0.1) is 0 Å². The number of nitrogens with two attached hydrogens (primary N) is 1. The Morgan fingerprint density at radius 1 is 1.28 bits per heavy atom. The number of amidine groups is 1. The molecule has 0 spiro atoms. The average Bonchev–Trinajstić information content (AvgIpc) is 2.54. The molecule has 0 aliphatic heterocycles. The van der Waals surface area contributed by atoms with Gasteiger partial charge in [0.2, 0.25) is 0 Å². The molecule has 1 aromatic carbocycles. The van der Waals surface area contributed by atoms with Crippen molar-refractivity contribution in [1.29, 1.82) is 0 Å². The van der Waals surface area contributed by atoms with Crippen LogP contribution in [0.2, 0.25) is 0 Å². The monoisotopic (exact) mass is 363 g/mol. The van der Waals surface area contributed by atoms with Gasteiger partial charge in [-0.25, -0.2) is 9.79 Å². The molecule has 1 aliphatic rings. The molecule has 5 nitrogen and oxygen atoms in total. The molecule has 1 aromatic rings. The Labute approximate surface area is 154 Å². The van der Waals surface area contributed by atoms with Crippen LogP contribution in [-0.4, -0.2) is 23.1 Å². The first-order valence-electron chi connectivity index (χ1n) is 8.74. The lowest BCUT2D eigenvalue weighted by atomic mass is 9.76. The maximum absolute atomic E-state index is 12.4. The number of carbonyl (C=O) groups is 1. The molecule has 0 bridgehead atoms. The van der Waals surface area contributed by atoms with E-state index in [4.69, 9.17) is 10.5 Å². The summed E-state index contributed by atoms with van der Waals surface area (Å²) in [6.07, 6.45) is 6.68. The zero-order valence-electron chi connectivity index (χ0n) is 15.6. The van der Waals surface area contributed by atoms with Crippen molar-refractivity contribution in [3.63, 3.8) is 0 Å². The Morgan fingerprint density at radius 3 is 2.56 bits per heavy atom. The van der Waals surface area contributed by atoms with Crippen molar-refractivity contribution < 1.29 is 9.53 Å². The quantitative estimate of drug-likeness (QED) is 0.604. The number of aliphatic imine (C=N–C) groups is 1. The van der Waals surface area contributed by atoms with E-state index < -0.39 is 11.1 Å². The molecular weight excluding hydrogens is 334 g/mol. The molecule has 2 rings (SSSR count). The number of nitrogens with one attached hydrogen (secondary N) is 1. The van der Waals surface area contributed by atoms with Gasteiger partial charge in [0.25, 0.3) is 0 Å². The van der Waals surface area contributed by atoms with Crippen LogP contribution in [0.1, 0.15) is 58.4 Å². The van der Waals surface area contributed by atoms with Crippen LogP contribution in [0.15, 0.2) is 29.3 Å². The van der Waals surface area contributed by atoms with Gasteiger partial charge in [0.1, 0.15) is 5.60 Å². The van der Waals surface area contributed by atoms with Gasteiger partial charge in [-0.2, -0.15) is 0 Å². The number of ether oxygens (including phenoxy) is 1. The molecule has 3 N–H and O–H groups in total. The van der Waals surface area contributed by atoms with E-state index in [0.29, 0.717) is 5.17 Å². The second-order valence-electron chi connectivity index (χ2n) is 7.47. The van der Waals surface area contributed by atoms with Crippen molar-refractivity contribution in [3.8, 4) is 0 Å². The van der Waals surface area contributed by atoms with Gasteiger partial charge in [0, 0.05) is 0 Å².